The highest BCUT2D eigenvalue weighted by Gasteiger charge is 2.06. The SMILES string of the molecule is CCc1cnc(C)c(CCCS(=O)(=O)O)c1. The Morgan fingerprint density at radius 1 is 1.44 bits per heavy atom. The van der Waals surface area contributed by atoms with Crippen LogP contribution in [0.15, 0.2) is 12.3 Å². The number of aromatic nitrogens is 1. The Balaban J connectivity index is 2.66. The first kappa shape index (κ1) is 13.1. The zero-order valence-corrected chi connectivity index (χ0v) is 10.4. The molecule has 0 amide bonds. The van der Waals surface area contributed by atoms with Gasteiger partial charge in [-0.25, -0.2) is 0 Å². The Labute approximate surface area is 96.5 Å². The van der Waals surface area contributed by atoms with Gasteiger partial charge in [0.05, 0.1) is 5.75 Å². The molecule has 0 spiro atoms. The topological polar surface area (TPSA) is 67.3 Å². The maximum atomic E-state index is 10.6. The maximum Gasteiger partial charge on any atom is 0.264 e. The summed E-state index contributed by atoms with van der Waals surface area (Å²) in [6, 6.07) is 2.05. The molecule has 5 heteroatoms. The normalized spacial score (nSPS) is 11.7. The summed E-state index contributed by atoms with van der Waals surface area (Å²) in [7, 11) is -3.84. The molecule has 0 aliphatic rings. The lowest BCUT2D eigenvalue weighted by Gasteiger charge is -2.06. The second kappa shape index (κ2) is 5.41. The van der Waals surface area contributed by atoms with Gasteiger partial charge in [-0.05, 0) is 37.3 Å². The minimum atomic E-state index is -3.84. The number of nitrogens with zero attached hydrogens (tertiary/aromatic N) is 1. The van der Waals surface area contributed by atoms with E-state index in [-0.39, 0.29) is 5.75 Å². The zero-order valence-electron chi connectivity index (χ0n) is 9.60. The number of pyridine rings is 1. The Hall–Kier alpha value is -0.940. The Morgan fingerprint density at radius 3 is 2.69 bits per heavy atom. The highest BCUT2D eigenvalue weighted by Crippen LogP contribution is 2.11. The summed E-state index contributed by atoms with van der Waals surface area (Å²) in [6.07, 6.45) is 3.81. The van der Waals surface area contributed by atoms with Gasteiger partial charge in [0.25, 0.3) is 10.1 Å². The maximum absolute atomic E-state index is 10.6. The second-order valence-electron chi connectivity index (χ2n) is 3.83. The Morgan fingerprint density at radius 2 is 2.12 bits per heavy atom. The third-order valence-corrected chi connectivity index (χ3v) is 3.31. The largest absolute Gasteiger partial charge is 0.286 e. The van der Waals surface area contributed by atoms with Crippen molar-refractivity contribution in [3.63, 3.8) is 0 Å². The molecule has 16 heavy (non-hydrogen) atoms. The van der Waals surface area contributed by atoms with Gasteiger partial charge in [0, 0.05) is 11.9 Å². The Kier molecular flexibility index (Phi) is 4.44. The molecule has 0 radical (unpaired) electrons. The fourth-order valence-electron chi connectivity index (χ4n) is 1.52. The van der Waals surface area contributed by atoms with E-state index in [0.29, 0.717) is 12.8 Å². The van der Waals surface area contributed by atoms with Crippen LogP contribution in [-0.2, 0) is 23.0 Å². The van der Waals surface area contributed by atoms with Crippen molar-refractivity contribution in [1.82, 2.24) is 4.98 Å². The highest BCUT2D eigenvalue weighted by atomic mass is 32.2. The fraction of sp³-hybridized carbons (Fsp3) is 0.545. The molecule has 0 bridgehead atoms. The summed E-state index contributed by atoms with van der Waals surface area (Å²) in [6.45, 7) is 3.95. The van der Waals surface area contributed by atoms with E-state index < -0.39 is 10.1 Å². The van der Waals surface area contributed by atoms with Gasteiger partial charge in [0.1, 0.15) is 0 Å². The van der Waals surface area contributed by atoms with Crippen molar-refractivity contribution in [2.45, 2.75) is 33.1 Å². The van der Waals surface area contributed by atoms with Gasteiger partial charge in [0.2, 0.25) is 0 Å². The van der Waals surface area contributed by atoms with Crippen molar-refractivity contribution >= 4 is 10.1 Å². The lowest BCUT2D eigenvalue weighted by Crippen LogP contribution is -2.06. The smallest absolute Gasteiger partial charge is 0.264 e. The van der Waals surface area contributed by atoms with Crippen molar-refractivity contribution < 1.29 is 13.0 Å². The van der Waals surface area contributed by atoms with Gasteiger partial charge in [-0.3, -0.25) is 9.54 Å². The molecule has 1 N–H and O–H groups in total. The van der Waals surface area contributed by atoms with E-state index in [4.69, 9.17) is 4.55 Å². The molecule has 1 rings (SSSR count). The molecular formula is C11H17NO3S. The van der Waals surface area contributed by atoms with Crippen molar-refractivity contribution in [2.24, 2.45) is 0 Å². The van der Waals surface area contributed by atoms with Crippen LogP contribution < -0.4 is 0 Å². The third-order valence-electron chi connectivity index (χ3n) is 2.51. The molecule has 0 fully saturated rings. The van der Waals surface area contributed by atoms with E-state index in [1.807, 2.05) is 26.1 Å². The van der Waals surface area contributed by atoms with E-state index in [1.54, 1.807) is 0 Å². The lowest BCUT2D eigenvalue weighted by molar-refractivity contribution is 0.481. The van der Waals surface area contributed by atoms with Crippen molar-refractivity contribution in [2.75, 3.05) is 5.75 Å². The summed E-state index contributed by atoms with van der Waals surface area (Å²) < 4.78 is 29.8. The molecule has 1 aromatic rings. The van der Waals surface area contributed by atoms with Crippen molar-refractivity contribution in [3.8, 4) is 0 Å². The lowest BCUT2D eigenvalue weighted by atomic mass is 10.1. The van der Waals surface area contributed by atoms with Crippen LogP contribution in [0.5, 0.6) is 0 Å². The summed E-state index contributed by atoms with van der Waals surface area (Å²) >= 11 is 0. The van der Waals surface area contributed by atoms with Crippen LogP contribution in [0.3, 0.4) is 0 Å². The number of aryl methyl sites for hydroxylation is 3. The van der Waals surface area contributed by atoms with Crippen LogP contribution in [0.2, 0.25) is 0 Å². The standard InChI is InChI=1S/C11H17NO3S/c1-3-10-7-11(9(2)12-8-10)5-4-6-16(13,14)15/h7-8H,3-6H2,1-2H3,(H,13,14,15). The summed E-state index contributed by atoms with van der Waals surface area (Å²) in [4.78, 5) is 4.25. The minimum Gasteiger partial charge on any atom is -0.286 e. The summed E-state index contributed by atoms with van der Waals surface area (Å²) in [5.74, 6) is -0.192. The fourth-order valence-corrected chi connectivity index (χ4v) is 2.03. The molecule has 0 saturated heterocycles. The number of hydrogen-bond acceptors (Lipinski definition) is 3. The number of hydrogen-bond donors (Lipinski definition) is 1. The number of rotatable bonds is 5. The zero-order chi connectivity index (χ0) is 12.2. The van der Waals surface area contributed by atoms with E-state index in [1.165, 1.54) is 0 Å². The predicted octanol–water partition coefficient (Wildman–Crippen LogP) is 1.77. The van der Waals surface area contributed by atoms with Crippen molar-refractivity contribution in [1.29, 1.82) is 0 Å². The van der Waals surface area contributed by atoms with Crippen molar-refractivity contribution in [3.05, 3.63) is 29.1 Å². The highest BCUT2D eigenvalue weighted by molar-refractivity contribution is 7.85. The first-order valence-electron chi connectivity index (χ1n) is 5.32. The molecule has 1 aromatic heterocycles. The second-order valence-corrected chi connectivity index (χ2v) is 5.40. The minimum absolute atomic E-state index is 0.192. The van der Waals surface area contributed by atoms with Crippen LogP contribution in [0.25, 0.3) is 0 Å². The van der Waals surface area contributed by atoms with Gasteiger partial charge in [-0.2, -0.15) is 8.42 Å². The first-order valence-corrected chi connectivity index (χ1v) is 6.93. The molecule has 0 aliphatic heterocycles. The van der Waals surface area contributed by atoms with Crippen LogP contribution >= 0.6 is 0 Å². The van der Waals surface area contributed by atoms with Gasteiger partial charge in [-0.1, -0.05) is 13.0 Å². The monoisotopic (exact) mass is 243 g/mol. The molecule has 0 saturated carbocycles. The van der Waals surface area contributed by atoms with Gasteiger partial charge in [0.15, 0.2) is 0 Å². The van der Waals surface area contributed by atoms with Crippen LogP contribution in [0.4, 0.5) is 0 Å². The average Bonchev–Trinajstić information content (AvgIpc) is 2.19. The van der Waals surface area contributed by atoms with E-state index in [9.17, 15) is 8.42 Å². The van der Waals surface area contributed by atoms with E-state index in [0.717, 1.165) is 23.2 Å². The van der Waals surface area contributed by atoms with E-state index >= 15 is 0 Å². The Bertz CT molecular complexity index is 454. The molecule has 1 heterocycles. The molecule has 4 nitrogen and oxygen atoms in total. The molecule has 90 valence electrons. The van der Waals surface area contributed by atoms with Crippen LogP contribution in [-0.4, -0.2) is 23.7 Å². The molecule has 0 unspecified atom stereocenters. The molecular weight excluding hydrogens is 226 g/mol. The van der Waals surface area contributed by atoms with Gasteiger partial charge >= 0.3 is 0 Å². The molecule has 0 aliphatic carbocycles. The van der Waals surface area contributed by atoms with E-state index in [2.05, 4.69) is 4.98 Å². The molecule has 0 atom stereocenters. The summed E-state index contributed by atoms with van der Waals surface area (Å²) in [5, 5.41) is 0. The third kappa shape index (κ3) is 4.28. The summed E-state index contributed by atoms with van der Waals surface area (Å²) in [5.41, 5.74) is 3.13. The van der Waals surface area contributed by atoms with Gasteiger partial charge in [-0.15, -0.1) is 0 Å². The quantitative estimate of drug-likeness (QED) is 0.800. The van der Waals surface area contributed by atoms with Gasteiger partial charge < -0.3 is 0 Å². The van der Waals surface area contributed by atoms with Crippen LogP contribution in [0, 0.1) is 6.92 Å². The average molecular weight is 243 g/mol. The molecule has 0 aromatic carbocycles. The first-order chi connectivity index (χ1) is 7.42. The predicted molar refractivity (Wildman–Crippen MR) is 63.1 cm³/mol. The van der Waals surface area contributed by atoms with Crippen LogP contribution in [0.1, 0.15) is 30.2 Å².